The van der Waals surface area contributed by atoms with E-state index < -0.39 is 0 Å². The number of benzene rings is 1. The van der Waals surface area contributed by atoms with Crippen LogP contribution in [0, 0.1) is 0 Å². The van der Waals surface area contributed by atoms with Gasteiger partial charge >= 0.3 is 0 Å². The molecule has 4 heterocycles. The molecule has 0 aliphatic heterocycles. The summed E-state index contributed by atoms with van der Waals surface area (Å²) >= 11 is 4.02. The lowest BCUT2D eigenvalue weighted by molar-refractivity contribution is 0.663. The van der Waals surface area contributed by atoms with E-state index in [-0.39, 0.29) is 0 Å². The normalized spacial score (nSPS) is 12.8. The van der Waals surface area contributed by atoms with E-state index in [0.29, 0.717) is 11.8 Å². The SMILES string of the molecule is CCCCn1c2cc3c4sc(C(C)C)cc4n(CCCC)c3cc2c2sc(C(C)C)cc21. The molecule has 0 saturated heterocycles. The van der Waals surface area contributed by atoms with Crippen molar-refractivity contribution in [3.05, 3.63) is 34.0 Å². The molecule has 0 radical (unpaired) electrons. The molecular formula is C28H36N2S2. The number of unbranched alkanes of at least 4 members (excludes halogenated alkanes) is 2. The molecule has 32 heavy (non-hydrogen) atoms. The summed E-state index contributed by atoms with van der Waals surface area (Å²) in [5.41, 5.74) is 5.74. The first-order valence-electron chi connectivity index (χ1n) is 12.5. The average Bonchev–Trinajstić information content (AvgIpc) is 3.49. The maximum absolute atomic E-state index is 2.61. The molecule has 0 bridgehead atoms. The van der Waals surface area contributed by atoms with Crippen LogP contribution in [0.3, 0.4) is 0 Å². The van der Waals surface area contributed by atoms with Gasteiger partial charge in [-0.25, -0.2) is 0 Å². The molecule has 5 aromatic rings. The Balaban J connectivity index is 1.84. The van der Waals surface area contributed by atoms with Gasteiger partial charge in [-0.15, -0.1) is 22.7 Å². The highest BCUT2D eigenvalue weighted by molar-refractivity contribution is 7.20. The van der Waals surface area contributed by atoms with Crippen molar-refractivity contribution in [2.24, 2.45) is 0 Å². The van der Waals surface area contributed by atoms with E-state index in [4.69, 9.17) is 0 Å². The third-order valence-corrected chi connectivity index (χ3v) is 9.75. The van der Waals surface area contributed by atoms with Gasteiger partial charge in [0.05, 0.1) is 31.5 Å². The molecule has 2 nitrogen and oxygen atoms in total. The molecule has 0 N–H and O–H groups in total. The van der Waals surface area contributed by atoms with Crippen LogP contribution in [0.1, 0.15) is 88.8 Å². The summed E-state index contributed by atoms with van der Waals surface area (Å²) in [6, 6.07) is 9.97. The van der Waals surface area contributed by atoms with Crippen LogP contribution in [0.2, 0.25) is 0 Å². The Bertz CT molecular complexity index is 1300. The first kappa shape index (κ1) is 22.0. The minimum absolute atomic E-state index is 0.582. The van der Waals surface area contributed by atoms with E-state index in [1.165, 1.54) is 77.7 Å². The van der Waals surface area contributed by atoms with Crippen molar-refractivity contribution in [3.63, 3.8) is 0 Å². The molecule has 1 aromatic carbocycles. The molecule has 5 rings (SSSR count). The lowest BCUT2D eigenvalue weighted by Crippen LogP contribution is -1.98. The molecule has 0 fully saturated rings. The summed E-state index contributed by atoms with van der Waals surface area (Å²) in [6.07, 6.45) is 4.91. The Labute approximate surface area is 199 Å². The number of hydrogen-bond acceptors (Lipinski definition) is 2. The number of thiophene rings is 2. The molecule has 0 spiro atoms. The van der Waals surface area contributed by atoms with Gasteiger partial charge in [0.25, 0.3) is 0 Å². The number of rotatable bonds is 8. The van der Waals surface area contributed by atoms with Crippen molar-refractivity contribution < 1.29 is 0 Å². The molecule has 0 amide bonds. The van der Waals surface area contributed by atoms with Gasteiger partial charge < -0.3 is 9.13 Å². The van der Waals surface area contributed by atoms with E-state index in [0.717, 1.165) is 13.1 Å². The summed E-state index contributed by atoms with van der Waals surface area (Å²) < 4.78 is 8.19. The molecule has 0 unspecified atom stereocenters. The van der Waals surface area contributed by atoms with Crippen molar-refractivity contribution in [1.29, 1.82) is 0 Å². The summed E-state index contributed by atoms with van der Waals surface area (Å²) in [5.74, 6) is 1.16. The largest absolute Gasteiger partial charge is 0.340 e. The summed E-state index contributed by atoms with van der Waals surface area (Å²) in [6.45, 7) is 16.1. The maximum Gasteiger partial charge on any atom is 0.0604 e. The lowest BCUT2D eigenvalue weighted by Gasteiger charge is -2.09. The van der Waals surface area contributed by atoms with Gasteiger partial charge in [-0.2, -0.15) is 0 Å². The van der Waals surface area contributed by atoms with Crippen LogP contribution in [0.4, 0.5) is 0 Å². The molecule has 4 heteroatoms. The second-order valence-electron chi connectivity index (χ2n) is 9.93. The molecule has 4 aromatic heterocycles. The third kappa shape index (κ3) is 3.42. The van der Waals surface area contributed by atoms with Crippen molar-refractivity contribution >= 4 is 64.9 Å². The molecule has 0 aliphatic carbocycles. The minimum Gasteiger partial charge on any atom is -0.340 e. The fraction of sp³-hybridized carbons (Fsp3) is 0.500. The predicted octanol–water partition coefficient (Wildman–Crippen LogP) is 9.87. The maximum atomic E-state index is 2.61. The Morgan fingerprint density at radius 2 is 1.03 bits per heavy atom. The molecule has 0 aliphatic rings. The number of hydrogen-bond donors (Lipinski definition) is 0. The van der Waals surface area contributed by atoms with Crippen LogP contribution >= 0.6 is 22.7 Å². The fourth-order valence-electron chi connectivity index (χ4n) is 4.92. The average molecular weight is 465 g/mol. The monoisotopic (exact) mass is 464 g/mol. The van der Waals surface area contributed by atoms with Gasteiger partial charge in [0, 0.05) is 33.6 Å². The first-order valence-corrected chi connectivity index (χ1v) is 14.1. The number of aryl methyl sites for hydroxylation is 2. The highest BCUT2D eigenvalue weighted by atomic mass is 32.1. The standard InChI is InChI=1S/C28H36N2S2/c1-7-9-11-29-21-13-20-22(14-19(21)27-23(29)15-25(31-27)17(3)4)30(12-10-8-2)24-16-26(18(5)6)32-28(20)24/h13-18H,7-12H2,1-6H3. The van der Waals surface area contributed by atoms with E-state index in [1.807, 2.05) is 22.7 Å². The van der Waals surface area contributed by atoms with E-state index in [9.17, 15) is 0 Å². The van der Waals surface area contributed by atoms with Gasteiger partial charge in [-0.05, 0) is 48.9 Å². The van der Waals surface area contributed by atoms with Gasteiger partial charge in [0.2, 0.25) is 0 Å². The Kier molecular flexibility index (Phi) is 5.88. The number of aromatic nitrogens is 2. The molecule has 0 saturated carbocycles. The van der Waals surface area contributed by atoms with Crippen LogP contribution < -0.4 is 0 Å². The van der Waals surface area contributed by atoms with Crippen LogP contribution in [0.5, 0.6) is 0 Å². The molecule has 170 valence electrons. The van der Waals surface area contributed by atoms with E-state index in [1.54, 1.807) is 0 Å². The zero-order valence-electron chi connectivity index (χ0n) is 20.4. The lowest BCUT2D eigenvalue weighted by atomic mass is 10.1. The van der Waals surface area contributed by atoms with Gasteiger partial charge in [0.1, 0.15) is 0 Å². The minimum atomic E-state index is 0.582. The van der Waals surface area contributed by atoms with Crippen LogP contribution in [-0.2, 0) is 13.1 Å². The highest BCUT2D eigenvalue weighted by Gasteiger charge is 2.21. The van der Waals surface area contributed by atoms with Gasteiger partial charge in [-0.1, -0.05) is 54.4 Å². The van der Waals surface area contributed by atoms with Crippen LogP contribution in [-0.4, -0.2) is 9.13 Å². The summed E-state index contributed by atoms with van der Waals surface area (Å²) in [5, 5.41) is 2.90. The number of nitrogens with zero attached hydrogens (tertiary/aromatic N) is 2. The Morgan fingerprint density at radius 1 is 0.625 bits per heavy atom. The Morgan fingerprint density at radius 3 is 1.38 bits per heavy atom. The zero-order chi connectivity index (χ0) is 22.6. The van der Waals surface area contributed by atoms with Crippen molar-refractivity contribution in [3.8, 4) is 0 Å². The second kappa shape index (κ2) is 8.53. The van der Waals surface area contributed by atoms with Gasteiger partial charge in [-0.3, -0.25) is 0 Å². The predicted molar refractivity (Wildman–Crippen MR) is 146 cm³/mol. The summed E-state index contributed by atoms with van der Waals surface area (Å²) in [4.78, 5) is 3.01. The zero-order valence-corrected chi connectivity index (χ0v) is 22.1. The fourth-order valence-corrected chi connectivity index (χ4v) is 7.29. The van der Waals surface area contributed by atoms with E-state index in [2.05, 4.69) is 74.9 Å². The van der Waals surface area contributed by atoms with Crippen LogP contribution in [0.25, 0.3) is 42.2 Å². The topological polar surface area (TPSA) is 9.86 Å². The molecule has 0 atom stereocenters. The van der Waals surface area contributed by atoms with Crippen molar-refractivity contribution in [2.75, 3.05) is 0 Å². The molecular weight excluding hydrogens is 428 g/mol. The quantitative estimate of drug-likeness (QED) is 0.216. The third-order valence-electron chi connectivity index (χ3n) is 6.84. The smallest absolute Gasteiger partial charge is 0.0604 e. The van der Waals surface area contributed by atoms with Crippen molar-refractivity contribution in [1.82, 2.24) is 9.13 Å². The number of fused-ring (bicyclic) bond motifs is 6. The van der Waals surface area contributed by atoms with E-state index >= 15 is 0 Å². The highest BCUT2D eigenvalue weighted by Crippen LogP contribution is 2.44. The summed E-state index contributed by atoms with van der Waals surface area (Å²) in [7, 11) is 0. The van der Waals surface area contributed by atoms with Gasteiger partial charge in [0.15, 0.2) is 0 Å². The second-order valence-corrected chi connectivity index (χ2v) is 12.1. The Hall–Kier alpha value is -1.78. The van der Waals surface area contributed by atoms with Crippen LogP contribution in [0.15, 0.2) is 24.3 Å². The van der Waals surface area contributed by atoms with Crippen molar-refractivity contribution in [2.45, 2.75) is 92.2 Å². The first-order chi connectivity index (χ1) is 15.4.